The van der Waals surface area contributed by atoms with Crippen LogP contribution in [0.1, 0.15) is 0 Å². The quantitative estimate of drug-likeness (QED) is 0.642. The predicted molar refractivity (Wildman–Crippen MR) is 57.8 cm³/mol. The van der Waals surface area contributed by atoms with E-state index in [4.69, 9.17) is 18.3 Å². The van der Waals surface area contributed by atoms with Crippen molar-refractivity contribution in [3.63, 3.8) is 0 Å². The Morgan fingerprint density at radius 1 is 1.06 bits per heavy atom. The van der Waals surface area contributed by atoms with Gasteiger partial charge in [-0.1, -0.05) is 0 Å². The Balaban J connectivity index is 1.93. The van der Waals surface area contributed by atoms with Crippen molar-refractivity contribution >= 4 is 11.0 Å². The molecule has 5 nitrogen and oxygen atoms in total. The molecule has 3 aromatic rings. The van der Waals surface area contributed by atoms with E-state index in [1.807, 2.05) is 18.2 Å². The third-order valence-corrected chi connectivity index (χ3v) is 2.65. The number of aromatic nitrogens is 1. The molecule has 0 saturated heterocycles. The predicted octanol–water partition coefficient (Wildman–Crippen LogP) is 2.82. The molecule has 0 spiro atoms. The number of ether oxygens (including phenoxy) is 2. The van der Waals surface area contributed by atoms with Crippen molar-refractivity contribution in [2.45, 2.75) is 0 Å². The molecule has 3 heterocycles. The fourth-order valence-electron chi connectivity index (χ4n) is 1.88. The van der Waals surface area contributed by atoms with Crippen molar-refractivity contribution in [3.05, 3.63) is 30.7 Å². The highest BCUT2D eigenvalue weighted by molar-refractivity contribution is 5.85. The molecule has 0 radical (unpaired) electrons. The van der Waals surface area contributed by atoms with E-state index < -0.39 is 0 Å². The van der Waals surface area contributed by atoms with Crippen LogP contribution in [0.3, 0.4) is 0 Å². The van der Waals surface area contributed by atoms with Crippen LogP contribution in [0.2, 0.25) is 0 Å². The standard InChI is InChI=1S/C12H7NO4/c1-2-14-12(13-1)11-4-7-3-9-10(16-6-15-9)5-8(7)17-11/h1-5H,6H2. The minimum absolute atomic E-state index is 0.258. The number of nitrogens with zero attached hydrogens (tertiary/aromatic N) is 1. The van der Waals surface area contributed by atoms with Crippen LogP contribution in [0.4, 0.5) is 0 Å². The summed E-state index contributed by atoms with van der Waals surface area (Å²) < 4.78 is 21.4. The van der Waals surface area contributed by atoms with Gasteiger partial charge in [-0.2, -0.15) is 0 Å². The zero-order chi connectivity index (χ0) is 11.2. The van der Waals surface area contributed by atoms with Gasteiger partial charge in [0.15, 0.2) is 17.3 Å². The Morgan fingerprint density at radius 3 is 2.76 bits per heavy atom. The van der Waals surface area contributed by atoms with Crippen LogP contribution in [0.15, 0.2) is 39.5 Å². The van der Waals surface area contributed by atoms with E-state index in [1.54, 1.807) is 6.20 Å². The highest BCUT2D eigenvalue weighted by Gasteiger charge is 2.17. The van der Waals surface area contributed by atoms with Gasteiger partial charge in [-0.05, 0) is 12.1 Å². The molecule has 0 unspecified atom stereocenters. The van der Waals surface area contributed by atoms with Crippen molar-refractivity contribution in [2.75, 3.05) is 6.79 Å². The molecular formula is C12H7NO4. The first kappa shape index (κ1) is 8.69. The van der Waals surface area contributed by atoms with Crippen LogP contribution < -0.4 is 9.47 Å². The lowest BCUT2D eigenvalue weighted by atomic mass is 10.2. The minimum atomic E-state index is 0.258. The third kappa shape index (κ3) is 1.22. The highest BCUT2D eigenvalue weighted by atomic mass is 16.7. The average Bonchev–Trinajstić information content (AvgIpc) is 3.05. The maximum absolute atomic E-state index is 5.65. The second-order valence-electron chi connectivity index (χ2n) is 3.69. The van der Waals surface area contributed by atoms with Gasteiger partial charge in [0.25, 0.3) is 5.89 Å². The van der Waals surface area contributed by atoms with E-state index in [2.05, 4.69) is 4.98 Å². The summed E-state index contributed by atoms with van der Waals surface area (Å²) in [4.78, 5) is 4.04. The van der Waals surface area contributed by atoms with Gasteiger partial charge in [0.2, 0.25) is 6.79 Å². The Labute approximate surface area is 95.6 Å². The van der Waals surface area contributed by atoms with Crippen LogP contribution >= 0.6 is 0 Å². The van der Waals surface area contributed by atoms with Gasteiger partial charge in [0.05, 0.1) is 6.20 Å². The van der Waals surface area contributed by atoms with Gasteiger partial charge in [0, 0.05) is 11.5 Å². The van der Waals surface area contributed by atoms with Crippen molar-refractivity contribution in [2.24, 2.45) is 0 Å². The van der Waals surface area contributed by atoms with Crippen molar-refractivity contribution in [3.8, 4) is 23.1 Å². The molecule has 0 bridgehead atoms. The van der Waals surface area contributed by atoms with Crippen molar-refractivity contribution in [1.82, 2.24) is 4.98 Å². The number of rotatable bonds is 1. The van der Waals surface area contributed by atoms with Crippen LogP contribution in [0.25, 0.3) is 22.6 Å². The Kier molecular flexibility index (Phi) is 1.55. The Hall–Kier alpha value is -2.43. The third-order valence-electron chi connectivity index (χ3n) is 2.65. The first-order valence-corrected chi connectivity index (χ1v) is 5.13. The Bertz CT molecular complexity index is 643. The first-order chi connectivity index (χ1) is 8.40. The van der Waals surface area contributed by atoms with Crippen LogP contribution in [0, 0.1) is 0 Å². The molecule has 17 heavy (non-hydrogen) atoms. The highest BCUT2D eigenvalue weighted by Crippen LogP contribution is 2.38. The summed E-state index contributed by atoms with van der Waals surface area (Å²) in [6, 6.07) is 5.56. The van der Waals surface area contributed by atoms with E-state index in [1.165, 1.54) is 6.26 Å². The summed E-state index contributed by atoms with van der Waals surface area (Å²) in [7, 11) is 0. The van der Waals surface area contributed by atoms with Gasteiger partial charge >= 0.3 is 0 Å². The average molecular weight is 229 g/mol. The summed E-state index contributed by atoms with van der Waals surface area (Å²) in [5, 5.41) is 0.933. The molecule has 84 valence electrons. The van der Waals surface area contributed by atoms with E-state index >= 15 is 0 Å². The van der Waals surface area contributed by atoms with Gasteiger partial charge in [-0.15, -0.1) is 0 Å². The summed E-state index contributed by atoms with van der Waals surface area (Å²) in [5.74, 6) is 2.49. The molecular weight excluding hydrogens is 222 g/mol. The summed E-state index contributed by atoms with van der Waals surface area (Å²) >= 11 is 0. The summed E-state index contributed by atoms with van der Waals surface area (Å²) in [5.41, 5.74) is 0.724. The number of oxazole rings is 1. The maximum atomic E-state index is 5.65. The zero-order valence-corrected chi connectivity index (χ0v) is 8.67. The monoisotopic (exact) mass is 229 g/mol. The van der Waals surface area contributed by atoms with E-state index in [-0.39, 0.29) is 6.79 Å². The van der Waals surface area contributed by atoms with Gasteiger partial charge in [0.1, 0.15) is 11.8 Å². The van der Waals surface area contributed by atoms with Gasteiger partial charge in [-0.25, -0.2) is 4.98 Å². The van der Waals surface area contributed by atoms with Crippen molar-refractivity contribution in [1.29, 1.82) is 0 Å². The zero-order valence-electron chi connectivity index (χ0n) is 8.67. The topological polar surface area (TPSA) is 57.6 Å². The number of hydrogen-bond donors (Lipinski definition) is 0. The van der Waals surface area contributed by atoms with Crippen LogP contribution in [0.5, 0.6) is 11.5 Å². The molecule has 0 amide bonds. The largest absolute Gasteiger partial charge is 0.454 e. The molecule has 0 atom stereocenters. The number of benzene rings is 1. The molecule has 0 fully saturated rings. The van der Waals surface area contributed by atoms with E-state index in [9.17, 15) is 0 Å². The fourth-order valence-corrected chi connectivity index (χ4v) is 1.88. The molecule has 5 heteroatoms. The number of fused-ring (bicyclic) bond motifs is 2. The molecule has 2 aromatic heterocycles. The maximum Gasteiger partial charge on any atom is 0.262 e. The smallest absolute Gasteiger partial charge is 0.262 e. The van der Waals surface area contributed by atoms with Gasteiger partial charge < -0.3 is 18.3 Å². The molecule has 0 N–H and O–H groups in total. The lowest BCUT2D eigenvalue weighted by Gasteiger charge is -1.93. The normalized spacial score (nSPS) is 13.4. The molecule has 1 aliphatic heterocycles. The number of hydrogen-bond acceptors (Lipinski definition) is 5. The second-order valence-corrected chi connectivity index (χ2v) is 3.69. The molecule has 1 aromatic carbocycles. The molecule has 0 saturated carbocycles. The lowest BCUT2D eigenvalue weighted by molar-refractivity contribution is 0.174. The van der Waals surface area contributed by atoms with E-state index in [0.29, 0.717) is 17.4 Å². The van der Waals surface area contributed by atoms with Crippen LogP contribution in [-0.4, -0.2) is 11.8 Å². The minimum Gasteiger partial charge on any atom is -0.454 e. The van der Waals surface area contributed by atoms with E-state index in [0.717, 1.165) is 16.7 Å². The fraction of sp³-hybridized carbons (Fsp3) is 0.0833. The van der Waals surface area contributed by atoms with Gasteiger partial charge in [-0.3, -0.25) is 0 Å². The Morgan fingerprint density at radius 2 is 1.94 bits per heavy atom. The molecule has 0 aliphatic carbocycles. The molecule has 1 aliphatic rings. The molecule has 4 rings (SSSR count). The lowest BCUT2D eigenvalue weighted by Crippen LogP contribution is -1.92. The summed E-state index contributed by atoms with van der Waals surface area (Å²) in [6.07, 6.45) is 3.09. The summed E-state index contributed by atoms with van der Waals surface area (Å²) in [6.45, 7) is 0.258. The SMILES string of the molecule is c1coc(-c2cc3cc4c(cc3o2)OCO4)n1. The number of furan rings is 1. The van der Waals surface area contributed by atoms with Crippen LogP contribution in [-0.2, 0) is 0 Å². The van der Waals surface area contributed by atoms with Crippen molar-refractivity contribution < 1.29 is 18.3 Å². The second kappa shape index (κ2) is 3.04. The first-order valence-electron chi connectivity index (χ1n) is 5.13.